The molecule has 0 radical (unpaired) electrons. The van der Waals surface area contributed by atoms with Crippen molar-refractivity contribution < 1.29 is 32.6 Å². The zero-order valence-electron chi connectivity index (χ0n) is 16.6. The SMILES string of the molecule is Cc1cccc(C2C(C(=O)c3cccs3)=C(O)C(=O)N2c2cccc(OC(F)(F)F)c2)c1. The third kappa shape index (κ3) is 4.11. The molecule has 0 saturated carbocycles. The van der Waals surface area contributed by atoms with Crippen LogP contribution in [0, 0.1) is 6.92 Å². The molecule has 1 aliphatic heterocycles. The molecule has 1 amide bonds. The average Bonchev–Trinajstić information content (AvgIpc) is 3.34. The molecule has 1 aliphatic rings. The first-order chi connectivity index (χ1) is 15.2. The van der Waals surface area contributed by atoms with Crippen molar-refractivity contribution in [3.63, 3.8) is 0 Å². The highest BCUT2D eigenvalue weighted by molar-refractivity contribution is 7.12. The highest BCUT2D eigenvalue weighted by Crippen LogP contribution is 2.43. The Morgan fingerprint density at radius 3 is 2.50 bits per heavy atom. The minimum atomic E-state index is -4.91. The first-order valence-electron chi connectivity index (χ1n) is 9.43. The number of carbonyl (C=O) groups excluding carboxylic acids is 2. The summed E-state index contributed by atoms with van der Waals surface area (Å²) in [4.78, 5) is 27.7. The zero-order chi connectivity index (χ0) is 23.0. The number of amides is 1. The van der Waals surface area contributed by atoms with Gasteiger partial charge in [-0.3, -0.25) is 14.5 Å². The van der Waals surface area contributed by atoms with Gasteiger partial charge < -0.3 is 9.84 Å². The van der Waals surface area contributed by atoms with Gasteiger partial charge in [0.2, 0.25) is 5.78 Å². The number of aryl methyl sites for hydroxylation is 1. The molecule has 4 rings (SSSR count). The Bertz CT molecular complexity index is 1220. The molecule has 0 spiro atoms. The van der Waals surface area contributed by atoms with E-state index in [-0.39, 0.29) is 11.3 Å². The van der Waals surface area contributed by atoms with Crippen molar-refractivity contribution in [2.24, 2.45) is 0 Å². The molecule has 9 heteroatoms. The molecule has 32 heavy (non-hydrogen) atoms. The van der Waals surface area contributed by atoms with E-state index < -0.39 is 35.6 Å². The molecule has 0 aliphatic carbocycles. The number of benzene rings is 2. The minimum Gasteiger partial charge on any atom is -0.503 e. The molecule has 2 aromatic carbocycles. The Morgan fingerprint density at radius 1 is 1.09 bits per heavy atom. The highest BCUT2D eigenvalue weighted by Gasteiger charge is 2.45. The van der Waals surface area contributed by atoms with Gasteiger partial charge in [0.1, 0.15) is 5.75 Å². The number of ketones is 1. The molecule has 0 bridgehead atoms. The van der Waals surface area contributed by atoms with Crippen molar-refractivity contribution >= 4 is 28.7 Å². The Balaban J connectivity index is 1.85. The van der Waals surface area contributed by atoms with Crippen LogP contribution < -0.4 is 9.64 Å². The van der Waals surface area contributed by atoms with Crippen LogP contribution in [0.1, 0.15) is 26.8 Å². The van der Waals surface area contributed by atoms with Crippen LogP contribution in [0.2, 0.25) is 0 Å². The molecule has 2 heterocycles. The summed E-state index contributed by atoms with van der Waals surface area (Å²) in [5, 5.41) is 12.4. The van der Waals surface area contributed by atoms with Gasteiger partial charge in [-0.05, 0) is 36.1 Å². The van der Waals surface area contributed by atoms with Crippen molar-refractivity contribution in [1.29, 1.82) is 0 Å². The lowest BCUT2D eigenvalue weighted by atomic mass is 9.94. The summed E-state index contributed by atoms with van der Waals surface area (Å²) in [6, 6.07) is 14.1. The van der Waals surface area contributed by atoms with Crippen LogP contribution in [0.25, 0.3) is 0 Å². The molecule has 0 fully saturated rings. The lowest BCUT2D eigenvalue weighted by Crippen LogP contribution is -2.31. The summed E-state index contributed by atoms with van der Waals surface area (Å²) >= 11 is 1.16. The van der Waals surface area contributed by atoms with Crippen LogP contribution in [0.5, 0.6) is 5.75 Å². The third-order valence-electron chi connectivity index (χ3n) is 4.88. The molecule has 0 saturated heterocycles. The number of Topliss-reactive ketones (excluding diaryl/α,β-unsaturated/α-hetero) is 1. The van der Waals surface area contributed by atoms with E-state index in [0.29, 0.717) is 10.4 Å². The second-order valence-electron chi connectivity index (χ2n) is 7.11. The number of thiophene rings is 1. The molecule has 164 valence electrons. The van der Waals surface area contributed by atoms with Crippen molar-refractivity contribution in [2.75, 3.05) is 4.90 Å². The lowest BCUT2D eigenvalue weighted by molar-refractivity contribution is -0.274. The second-order valence-corrected chi connectivity index (χ2v) is 8.05. The number of carbonyl (C=O) groups is 2. The Labute approximate surface area is 185 Å². The average molecular weight is 459 g/mol. The lowest BCUT2D eigenvalue weighted by Gasteiger charge is -2.27. The van der Waals surface area contributed by atoms with E-state index in [2.05, 4.69) is 4.74 Å². The van der Waals surface area contributed by atoms with E-state index in [0.717, 1.165) is 33.9 Å². The quantitative estimate of drug-likeness (QED) is 0.495. The predicted molar refractivity (Wildman–Crippen MR) is 113 cm³/mol. The third-order valence-corrected chi connectivity index (χ3v) is 5.75. The van der Waals surface area contributed by atoms with Crippen LogP contribution in [0.4, 0.5) is 18.9 Å². The molecule has 1 N–H and O–H groups in total. The van der Waals surface area contributed by atoms with Gasteiger partial charge in [-0.1, -0.05) is 42.0 Å². The first-order valence-corrected chi connectivity index (χ1v) is 10.3. The number of anilines is 1. The molecule has 3 aromatic rings. The number of hydrogen-bond donors (Lipinski definition) is 1. The van der Waals surface area contributed by atoms with Gasteiger partial charge in [0.05, 0.1) is 16.5 Å². The van der Waals surface area contributed by atoms with E-state index in [9.17, 15) is 27.9 Å². The van der Waals surface area contributed by atoms with Gasteiger partial charge in [0.25, 0.3) is 5.91 Å². The molecule has 1 unspecified atom stereocenters. The maximum absolute atomic E-state index is 13.2. The van der Waals surface area contributed by atoms with E-state index in [1.165, 1.54) is 12.1 Å². The van der Waals surface area contributed by atoms with E-state index in [1.54, 1.807) is 35.7 Å². The van der Waals surface area contributed by atoms with Crippen LogP contribution in [-0.2, 0) is 4.79 Å². The second kappa shape index (κ2) is 8.16. The van der Waals surface area contributed by atoms with E-state index in [4.69, 9.17) is 0 Å². The number of alkyl halides is 3. The fourth-order valence-electron chi connectivity index (χ4n) is 3.63. The van der Waals surface area contributed by atoms with Gasteiger partial charge in [-0.2, -0.15) is 0 Å². The Morgan fingerprint density at radius 2 is 1.84 bits per heavy atom. The van der Waals surface area contributed by atoms with Crippen LogP contribution in [-0.4, -0.2) is 23.2 Å². The number of halogens is 3. The van der Waals surface area contributed by atoms with Crippen molar-refractivity contribution in [2.45, 2.75) is 19.3 Å². The summed E-state index contributed by atoms with van der Waals surface area (Å²) < 4.78 is 42.1. The standard InChI is InChI=1S/C23H16F3NO4S/c1-13-5-2-6-14(11-13)19-18(20(28)17-9-4-10-32-17)21(29)22(30)27(19)15-7-3-8-16(12-15)31-23(24,25)26/h2-12,19,29H,1H3. The summed E-state index contributed by atoms with van der Waals surface area (Å²) in [5.41, 5.74) is 1.29. The smallest absolute Gasteiger partial charge is 0.503 e. The molecule has 5 nitrogen and oxygen atoms in total. The fraction of sp³-hybridized carbons (Fsp3) is 0.130. The monoisotopic (exact) mass is 459 g/mol. The van der Waals surface area contributed by atoms with Gasteiger partial charge in [-0.15, -0.1) is 24.5 Å². The molecular formula is C23H16F3NO4S. The number of aliphatic hydroxyl groups excluding tert-OH is 1. The number of nitrogens with zero attached hydrogens (tertiary/aromatic N) is 1. The Kier molecular flexibility index (Phi) is 5.52. The highest BCUT2D eigenvalue weighted by atomic mass is 32.1. The van der Waals surface area contributed by atoms with Gasteiger partial charge in [0.15, 0.2) is 5.76 Å². The molecular weight excluding hydrogens is 443 g/mol. The summed E-state index contributed by atoms with van der Waals surface area (Å²) in [6.07, 6.45) is -4.91. The number of ether oxygens (including phenoxy) is 1. The van der Waals surface area contributed by atoms with Crippen LogP contribution in [0.15, 0.2) is 77.4 Å². The topological polar surface area (TPSA) is 66.8 Å². The fourth-order valence-corrected chi connectivity index (χ4v) is 4.31. The summed E-state index contributed by atoms with van der Waals surface area (Å²) in [6.45, 7) is 1.83. The zero-order valence-corrected chi connectivity index (χ0v) is 17.4. The van der Waals surface area contributed by atoms with Gasteiger partial charge in [-0.25, -0.2) is 0 Å². The number of aliphatic hydroxyl groups is 1. The van der Waals surface area contributed by atoms with Crippen molar-refractivity contribution in [3.8, 4) is 5.75 Å². The van der Waals surface area contributed by atoms with E-state index >= 15 is 0 Å². The van der Waals surface area contributed by atoms with Crippen LogP contribution >= 0.6 is 11.3 Å². The van der Waals surface area contributed by atoms with E-state index in [1.807, 2.05) is 13.0 Å². The summed E-state index contributed by atoms with van der Waals surface area (Å²) in [5.74, 6) is -2.68. The Hall–Kier alpha value is -3.59. The van der Waals surface area contributed by atoms with Crippen LogP contribution in [0.3, 0.4) is 0 Å². The maximum atomic E-state index is 13.2. The maximum Gasteiger partial charge on any atom is 0.573 e. The van der Waals surface area contributed by atoms with Gasteiger partial charge in [0, 0.05) is 11.8 Å². The van der Waals surface area contributed by atoms with Gasteiger partial charge >= 0.3 is 6.36 Å². The summed E-state index contributed by atoms with van der Waals surface area (Å²) in [7, 11) is 0. The molecule has 1 aromatic heterocycles. The number of rotatable bonds is 5. The largest absolute Gasteiger partial charge is 0.573 e. The predicted octanol–water partition coefficient (Wildman–Crippen LogP) is 5.74. The van der Waals surface area contributed by atoms with Crippen molar-refractivity contribution in [1.82, 2.24) is 0 Å². The normalized spacial score (nSPS) is 16.6. The molecule has 1 atom stereocenters. The first kappa shape index (κ1) is 21.6. The van der Waals surface area contributed by atoms with Crippen molar-refractivity contribution in [3.05, 3.63) is 93.4 Å². The number of hydrogen-bond acceptors (Lipinski definition) is 5. The minimum absolute atomic E-state index is 0.0452.